The third kappa shape index (κ3) is 3.34. The minimum atomic E-state index is -0.752. The number of hydrogen-bond acceptors (Lipinski definition) is 8. The van der Waals surface area contributed by atoms with E-state index >= 15 is 0 Å². The molecule has 1 aromatic carbocycles. The van der Waals surface area contributed by atoms with Crippen LogP contribution >= 0.6 is 11.3 Å². The molecule has 0 spiro atoms. The van der Waals surface area contributed by atoms with Crippen molar-refractivity contribution < 1.29 is 23.4 Å². The highest BCUT2D eigenvalue weighted by molar-refractivity contribution is 7.07. The lowest BCUT2D eigenvalue weighted by Crippen LogP contribution is -2.39. The number of fused-ring (bicyclic) bond motifs is 2. The Balaban J connectivity index is 1.69. The fraction of sp³-hybridized carbons (Fsp3) is 0.261. The topological polar surface area (TPSA) is 92.3 Å². The summed E-state index contributed by atoms with van der Waals surface area (Å²) in [6.07, 6.45) is 1.78. The van der Waals surface area contributed by atoms with Crippen LogP contribution in [0, 0.1) is 6.92 Å². The number of thiazole rings is 1. The molecule has 0 saturated heterocycles. The second-order valence-corrected chi connectivity index (χ2v) is 8.37. The lowest BCUT2D eigenvalue weighted by atomic mass is 10.0. The molecule has 0 unspecified atom stereocenters. The molecule has 0 aliphatic carbocycles. The molecule has 8 nitrogen and oxygen atoms in total. The van der Waals surface area contributed by atoms with E-state index in [0.29, 0.717) is 43.6 Å². The summed E-state index contributed by atoms with van der Waals surface area (Å²) in [5.41, 5.74) is 1.33. The van der Waals surface area contributed by atoms with Crippen LogP contribution in [-0.2, 0) is 9.53 Å². The normalized spacial score (nSPS) is 17.3. The number of ether oxygens (including phenoxy) is 3. The number of carbonyl (C=O) groups is 1. The molecule has 0 N–H and O–H groups in total. The van der Waals surface area contributed by atoms with Crippen LogP contribution in [0.1, 0.15) is 37.0 Å². The monoisotopic (exact) mass is 452 g/mol. The number of furan rings is 1. The van der Waals surface area contributed by atoms with Crippen molar-refractivity contribution in [3.8, 4) is 11.5 Å². The van der Waals surface area contributed by atoms with Gasteiger partial charge in [0.15, 0.2) is 16.3 Å². The second kappa shape index (κ2) is 7.83. The van der Waals surface area contributed by atoms with Gasteiger partial charge >= 0.3 is 5.97 Å². The fourth-order valence-electron chi connectivity index (χ4n) is 3.82. The lowest BCUT2D eigenvalue weighted by Gasteiger charge is -2.22. The van der Waals surface area contributed by atoms with Gasteiger partial charge in [0.1, 0.15) is 17.6 Å². The second-order valence-electron chi connectivity index (χ2n) is 7.36. The third-order valence-electron chi connectivity index (χ3n) is 5.24. The highest BCUT2D eigenvalue weighted by Gasteiger charge is 2.35. The molecule has 0 saturated carbocycles. The van der Waals surface area contributed by atoms with E-state index in [9.17, 15) is 9.59 Å². The van der Waals surface area contributed by atoms with E-state index in [1.165, 1.54) is 15.9 Å². The summed E-state index contributed by atoms with van der Waals surface area (Å²) in [7, 11) is 0. The van der Waals surface area contributed by atoms with Gasteiger partial charge in [0.25, 0.3) is 5.56 Å². The van der Waals surface area contributed by atoms with Crippen LogP contribution in [0.5, 0.6) is 11.5 Å². The summed E-state index contributed by atoms with van der Waals surface area (Å²) in [5, 5.41) is 0. The molecule has 32 heavy (non-hydrogen) atoms. The predicted molar refractivity (Wildman–Crippen MR) is 116 cm³/mol. The Morgan fingerprint density at radius 2 is 2.06 bits per heavy atom. The summed E-state index contributed by atoms with van der Waals surface area (Å²) in [5.74, 6) is 1.95. The summed E-state index contributed by atoms with van der Waals surface area (Å²) < 4.78 is 23.9. The number of aromatic nitrogens is 1. The van der Waals surface area contributed by atoms with Crippen molar-refractivity contribution >= 4 is 23.4 Å². The van der Waals surface area contributed by atoms with Crippen molar-refractivity contribution in [2.45, 2.75) is 26.8 Å². The number of nitrogens with zero attached hydrogens (tertiary/aromatic N) is 2. The zero-order valence-electron chi connectivity index (χ0n) is 17.7. The average Bonchev–Trinajstić information content (AvgIpc) is 3.47. The van der Waals surface area contributed by atoms with Crippen molar-refractivity contribution in [3.63, 3.8) is 0 Å². The van der Waals surface area contributed by atoms with Crippen molar-refractivity contribution in [1.29, 1.82) is 0 Å². The Morgan fingerprint density at radius 3 is 2.81 bits per heavy atom. The Morgan fingerprint density at radius 1 is 1.25 bits per heavy atom. The molecule has 1 atom stereocenters. The lowest BCUT2D eigenvalue weighted by molar-refractivity contribution is -0.139. The SMILES string of the molecule is CCOC(=O)C1=C(C)N=c2s/c(=C/c3ccc4c(c3)OCO4)c(=O)n2[C@H]1c1ccc(C)o1. The molecule has 164 valence electrons. The van der Waals surface area contributed by atoms with Gasteiger partial charge in [0.2, 0.25) is 6.79 Å². The van der Waals surface area contributed by atoms with Gasteiger partial charge in [-0.05, 0) is 56.7 Å². The minimum absolute atomic E-state index is 0.180. The van der Waals surface area contributed by atoms with Crippen LogP contribution in [0.4, 0.5) is 0 Å². The number of hydrogen-bond donors (Lipinski definition) is 0. The molecule has 0 amide bonds. The molecule has 9 heteroatoms. The summed E-state index contributed by atoms with van der Waals surface area (Å²) in [4.78, 5) is 31.3. The molecule has 0 bridgehead atoms. The minimum Gasteiger partial charge on any atom is -0.464 e. The van der Waals surface area contributed by atoms with E-state index in [-0.39, 0.29) is 19.0 Å². The van der Waals surface area contributed by atoms with Gasteiger partial charge in [-0.2, -0.15) is 0 Å². The van der Waals surface area contributed by atoms with Crippen LogP contribution in [0.3, 0.4) is 0 Å². The van der Waals surface area contributed by atoms with Crippen LogP contribution in [-0.4, -0.2) is 23.9 Å². The highest BCUT2D eigenvalue weighted by Crippen LogP contribution is 2.33. The van der Waals surface area contributed by atoms with Crippen LogP contribution in [0.15, 0.2) is 55.8 Å². The Hall–Kier alpha value is -3.59. The first-order valence-corrected chi connectivity index (χ1v) is 10.9. The Kier molecular flexibility index (Phi) is 4.97. The molecule has 4 heterocycles. The van der Waals surface area contributed by atoms with E-state index in [2.05, 4.69) is 4.99 Å². The summed E-state index contributed by atoms with van der Waals surface area (Å²) in [6, 6.07) is 8.31. The molecular weight excluding hydrogens is 432 g/mol. The zero-order valence-corrected chi connectivity index (χ0v) is 18.5. The van der Waals surface area contributed by atoms with Gasteiger partial charge in [0.05, 0.1) is 22.4 Å². The molecule has 5 rings (SSSR count). The Bertz CT molecular complexity index is 1440. The maximum Gasteiger partial charge on any atom is 0.338 e. The van der Waals surface area contributed by atoms with E-state index < -0.39 is 12.0 Å². The van der Waals surface area contributed by atoms with Gasteiger partial charge in [-0.3, -0.25) is 9.36 Å². The van der Waals surface area contributed by atoms with Crippen LogP contribution in [0.2, 0.25) is 0 Å². The van der Waals surface area contributed by atoms with E-state index in [1.807, 2.05) is 25.1 Å². The molecule has 3 aromatic rings. The predicted octanol–water partition coefficient (Wildman–Crippen LogP) is 2.43. The first kappa shape index (κ1) is 20.3. The quantitative estimate of drug-likeness (QED) is 0.565. The fourth-order valence-corrected chi connectivity index (χ4v) is 4.86. The first-order valence-electron chi connectivity index (χ1n) is 10.1. The number of esters is 1. The third-order valence-corrected chi connectivity index (χ3v) is 6.23. The van der Waals surface area contributed by atoms with Gasteiger partial charge in [-0.1, -0.05) is 17.4 Å². The number of rotatable bonds is 4. The maximum absolute atomic E-state index is 13.5. The van der Waals surface area contributed by atoms with Crippen LogP contribution in [0.25, 0.3) is 6.08 Å². The highest BCUT2D eigenvalue weighted by atomic mass is 32.1. The number of aryl methyl sites for hydroxylation is 1. The molecule has 0 radical (unpaired) electrons. The van der Waals surface area contributed by atoms with E-state index in [1.54, 1.807) is 32.1 Å². The molecule has 2 aliphatic rings. The molecule has 2 aromatic heterocycles. The number of benzene rings is 1. The smallest absolute Gasteiger partial charge is 0.338 e. The average molecular weight is 452 g/mol. The molecule has 0 fully saturated rings. The Labute approximate surface area is 186 Å². The number of allylic oxidation sites excluding steroid dienone is 1. The molecule has 2 aliphatic heterocycles. The van der Waals surface area contributed by atoms with Crippen molar-refractivity contribution in [2.75, 3.05) is 13.4 Å². The summed E-state index contributed by atoms with van der Waals surface area (Å²) >= 11 is 1.25. The van der Waals surface area contributed by atoms with Gasteiger partial charge in [0, 0.05) is 0 Å². The zero-order chi connectivity index (χ0) is 22.4. The van der Waals surface area contributed by atoms with Crippen LogP contribution < -0.4 is 24.4 Å². The van der Waals surface area contributed by atoms with Crippen molar-refractivity contribution in [2.24, 2.45) is 4.99 Å². The van der Waals surface area contributed by atoms with E-state index in [4.69, 9.17) is 18.6 Å². The summed E-state index contributed by atoms with van der Waals surface area (Å²) in [6.45, 7) is 5.69. The standard InChI is InChI=1S/C23H20N2O6S/c1-4-28-22(27)19-13(3)24-23-25(20(19)16-7-5-12(2)31-16)21(26)18(32-23)10-14-6-8-15-17(9-14)30-11-29-15/h5-10,20H,4,11H2,1-3H3/b18-10+/t20-/m0/s1. The van der Waals surface area contributed by atoms with Crippen molar-refractivity contribution in [1.82, 2.24) is 4.57 Å². The largest absolute Gasteiger partial charge is 0.464 e. The maximum atomic E-state index is 13.5. The van der Waals surface area contributed by atoms with Gasteiger partial charge in [-0.15, -0.1) is 0 Å². The van der Waals surface area contributed by atoms with Gasteiger partial charge in [-0.25, -0.2) is 9.79 Å². The first-order chi connectivity index (χ1) is 15.5. The van der Waals surface area contributed by atoms with E-state index in [0.717, 1.165) is 5.56 Å². The number of carbonyl (C=O) groups excluding carboxylic acids is 1. The molecular formula is C23H20N2O6S. The van der Waals surface area contributed by atoms with Crippen molar-refractivity contribution in [3.05, 3.63) is 78.4 Å². The van der Waals surface area contributed by atoms with Gasteiger partial charge < -0.3 is 18.6 Å².